The standard InChI is InChI=1S/C12H21N3O2/c1-11-5-6-12(15-14-11)13-7-3-4-8-17-10-9-16-2/h5-6H,3-4,7-10H2,1-2H3,(H,13,15). The minimum absolute atomic E-state index is 0.664. The number of nitrogens with zero attached hydrogens (tertiary/aromatic N) is 2. The van der Waals surface area contributed by atoms with Gasteiger partial charge in [0.05, 0.1) is 18.9 Å². The van der Waals surface area contributed by atoms with Crippen molar-refractivity contribution < 1.29 is 9.47 Å². The summed E-state index contributed by atoms with van der Waals surface area (Å²) in [7, 11) is 1.68. The Bertz CT molecular complexity index is 290. The molecule has 1 rings (SSSR count). The van der Waals surface area contributed by atoms with Gasteiger partial charge in [-0.2, -0.15) is 5.10 Å². The zero-order valence-corrected chi connectivity index (χ0v) is 10.6. The van der Waals surface area contributed by atoms with Crippen LogP contribution in [0.5, 0.6) is 0 Å². The molecule has 0 saturated carbocycles. The van der Waals surface area contributed by atoms with Gasteiger partial charge in [-0.05, 0) is 31.9 Å². The van der Waals surface area contributed by atoms with E-state index in [0.717, 1.165) is 37.5 Å². The van der Waals surface area contributed by atoms with Gasteiger partial charge in [0.25, 0.3) is 0 Å². The molecule has 0 radical (unpaired) electrons. The molecule has 5 nitrogen and oxygen atoms in total. The SMILES string of the molecule is COCCOCCCCNc1ccc(C)nn1. The van der Waals surface area contributed by atoms with E-state index in [9.17, 15) is 0 Å². The summed E-state index contributed by atoms with van der Waals surface area (Å²) < 4.78 is 10.2. The van der Waals surface area contributed by atoms with Crippen molar-refractivity contribution in [1.82, 2.24) is 10.2 Å². The lowest BCUT2D eigenvalue weighted by Crippen LogP contribution is -2.07. The van der Waals surface area contributed by atoms with Gasteiger partial charge in [0.15, 0.2) is 0 Å². The largest absolute Gasteiger partial charge is 0.382 e. The minimum Gasteiger partial charge on any atom is -0.382 e. The number of aryl methyl sites for hydroxylation is 1. The van der Waals surface area contributed by atoms with Crippen molar-refractivity contribution in [2.75, 3.05) is 38.8 Å². The average molecular weight is 239 g/mol. The Labute approximate surface area is 103 Å². The quantitative estimate of drug-likeness (QED) is 0.664. The van der Waals surface area contributed by atoms with Crippen LogP contribution in [0.4, 0.5) is 5.82 Å². The molecule has 5 heteroatoms. The maximum absolute atomic E-state index is 5.36. The first-order valence-electron chi connectivity index (χ1n) is 5.94. The molecule has 0 bridgehead atoms. The fourth-order valence-electron chi connectivity index (χ4n) is 1.28. The number of aromatic nitrogens is 2. The number of anilines is 1. The fraction of sp³-hybridized carbons (Fsp3) is 0.667. The number of unbranched alkanes of at least 4 members (excludes halogenated alkanes) is 1. The summed E-state index contributed by atoms with van der Waals surface area (Å²) >= 11 is 0. The van der Waals surface area contributed by atoms with Gasteiger partial charge in [0.1, 0.15) is 5.82 Å². The molecule has 0 spiro atoms. The summed E-state index contributed by atoms with van der Waals surface area (Å²) in [5, 5.41) is 11.2. The highest BCUT2D eigenvalue weighted by Crippen LogP contribution is 2.01. The third-order valence-electron chi connectivity index (χ3n) is 2.25. The zero-order valence-electron chi connectivity index (χ0n) is 10.6. The van der Waals surface area contributed by atoms with Gasteiger partial charge in [-0.3, -0.25) is 0 Å². The number of methoxy groups -OCH3 is 1. The van der Waals surface area contributed by atoms with Crippen molar-refractivity contribution in [3.63, 3.8) is 0 Å². The third-order valence-corrected chi connectivity index (χ3v) is 2.25. The second-order valence-corrected chi connectivity index (χ2v) is 3.80. The van der Waals surface area contributed by atoms with Crippen LogP contribution in [0.25, 0.3) is 0 Å². The highest BCUT2D eigenvalue weighted by atomic mass is 16.5. The topological polar surface area (TPSA) is 56.3 Å². The number of hydrogen-bond donors (Lipinski definition) is 1. The lowest BCUT2D eigenvalue weighted by molar-refractivity contribution is 0.0691. The molecule has 0 aliphatic rings. The highest BCUT2D eigenvalue weighted by Gasteiger charge is 1.94. The van der Waals surface area contributed by atoms with E-state index in [-0.39, 0.29) is 0 Å². The van der Waals surface area contributed by atoms with E-state index in [1.54, 1.807) is 7.11 Å². The molecule has 0 unspecified atom stereocenters. The van der Waals surface area contributed by atoms with Crippen LogP contribution in [0.1, 0.15) is 18.5 Å². The lowest BCUT2D eigenvalue weighted by atomic mass is 10.3. The normalized spacial score (nSPS) is 10.5. The van der Waals surface area contributed by atoms with Crippen LogP contribution in [0, 0.1) is 6.92 Å². The van der Waals surface area contributed by atoms with Crippen molar-refractivity contribution in [2.24, 2.45) is 0 Å². The van der Waals surface area contributed by atoms with Crippen LogP contribution in [0.3, 0.4) is 0 Å². The molecule has 0 fully saturated rings. The van der Waals surface area contributed by atoms with Gasteiger partial charge in [-0.15, -0.1) is 5.10 Å². The maximum atomic E-state index is 5.36. The Morgan fingerprint density at radius 1 is 1.12 bits per heavy atom. The monoisotopic (exact) mass is 239 g/mol. The van der Waals surface area contributed by atoms with Crippen LogP contribution < -0.4 is 5.32 Å². The van der Waals surface area contributed by atoms with Crippen molar-refractivity contribution >= 4 is 5.82 Å². The lowest BCUT2D eigenvalue weighted by Gasteiger charge is -2.05. The Morgan fingerprint density at radius 2 is 2.00 bits per heavy atom. The number of hydrogen-bond acceptors (Lipinski definition) is 5. The number of ether oxygens (including phenoxy) is 2. The van der Waals surface area contributed by atoms with Gasteiger partial charge in [-0.1, -0.05) is 0 Å². The zero-order chi connectivity index (χ0) is 12.3. The van der Waals surface area contributed by atoms with Crippen LogP contribution in [-0.2, 0) is 9.47 Å². The van der Waals surface area contributed by atoms with E-state index in [1.807, 2.05) is 19.1 Å². The number of nitrogens with one attached hydrogen (secondary N) is 1. The molecule has 1 aromatic heterocycles. The van der Waals surface area contributed by atoms with E-state index in [0.29, 0.717) is 13.2 Å². The van der Waals surface area contributed by atoms with Crippen molar-refractivity contribution in [3.05, 3.63) is 17.8 Å². The van der Waals surface area contributed by atoms with Gasteiger partial charge < -0.3 is 14.8 Å². The molecule has 0 aliphatic carbocycles. The van der Waals surface area contributed by atoms with Crippen molar-refractivity contribution in [1.29, 1.82) is 0 Å². The summed E-state index contributed by atoms with van der Waals surface area (Å²) in [6.07, 6.45) is 2.10. The summed E-state index contributed by atoms with van der Waals surface area (Å²) in [5.74, 6) is 0.830. The van der Waals surface area contributed by atoms with Crippen LogP contribution >= 0.6 is 0 Å². The maximum Gasteiger partial charge on any atom is 0.148 e. The molecular formula is C12H21N3O2. The van der Waals surface area contributed by atoms with Crippen molar-refractivity contribution in [2.45, 2.75) is 19.8 Å². The predicted octanol–water partition coefficient (Wildman–Crippen LogP) is 1.64. The predicted molar refractivity (Wildman–Crippen MR) is 67.2 cm³/mol. The Morgan fingerprint density at radius 3 is 2.71 bits per heavy atom. The summed E-state index contributed by atoms with van der Waals surface area (Å²) in [4.78, 5) is 0. The Kier molecular flexibility index (Phi) is 7.25. The van der Waals surface area contributed by atoms with E-state index in [2.05, 4.69) is 15.5 Å². The van der Waals surface area contributed by atoms with Crippen LogP contribution in [0.15, 0.2) is 12.1 Å². The average Bonchev–Trinajstić information content (AvgIpc) is 2.35. The van der Waals surface area contributed by atoms with Crippen molar-refractivity contribution in [3.8, 4) is 0 Å². The first kappa shape index (κ1) is 13.9. The highest BCUT2D eigenvalue weighted by molar-refractivity contribution is 5.32. The summed E-state index contributed by atoms with van der Waals surface area (Å²) in [6, 6.07) is 3.89. The molecule has 1 N–H and O–H groups in total. The van der Waals surface area contributed by atoms with E-state index in [4.69, 9.17) is 9.47 Å². The van der Waals surface area contributed by atoms with Gasteiger partial charge >= 0.3 is 0 Å². The van der Waals surface area contributed by atoms with Gasteiger partial charge in [0.2, 0.25) is 0 Å². The molecule has 0 atom stereocenters. The minimum atomic E-state index is 0.664. The second-order valence-electron chi connectivity index (χ2n) is 3.80. The first-order chi connectivity index (χ1) is 8.33. The summed E-state index contributed by atoms with van der Waals surface area (Å²) in [5.41, 5.74) is 0.932. The Hall–Kier alpha value is -1.20. The smallest absolute Gasteiger partial charge is 0.148 e. The second kappa shape index (κ2) is 8.90. The molecule has 1 aromatic rings. The van der Waals surface area contributed by atoms with Gasteiger partial charge in [-0.25, -0.2) is 0 Å². The van der Waals surface area contributed by atoms with Crippen LogP contribution in [0.2, 0.25) is 0 Å². The van der Waals surface area contributed by atoms with E-state index >= 15 is 0 Å². The molecular weight excluding hydrogens is 218 g/mol. The molecule has 17 heavy (non-hydrogen) atoms. The van der Waals surface area contributed by atoms with E-state index in [1.165, 1.54) is 0 Å². The molecule has 0 aromatic carbocycles. The third kappa shape index (κ3) is 6.86. The molecule has 96 valence electrons. The first-order valence-corrected chi connectivity index (χ1v) is 5.94. The fourth-order valence-corrected chi connectivity index (χ4v) is 1.28. The molecule has 0 amide bonds. The van der Waals surface area contributed by atoms with Crippen LogP contribution in [-0.4, -0.2) is 43.7 Å². The molecule has 0 saturated heterocycles. The van der Waals surface area contributed by atoms with E-state index < -0.39 is 0 Å². The molecule has 0 aliphatic heterocycles. The summed E-state index contributed by atoms with van der Waals surface area (Å²) in [6.45, 7) is 4.94. The van der Waals surface area contributed by atoms with Gasteiger partial charge in [0, 0.05) is 20.3 Å². The number of rotatable bonds is 9. The Balaban J connectivity index is 1.95. The molecule has 1 heterocycles.